The number of anilines is 1. The van der Waals surface area contributed by atoms with E-state index in [1.54, 1.807) is 52.3 Å². The number of carbonyl (C=O) groups is 1. The van der Waals surface area contributed by atoms with Gasteiger partial charge >= 0.3 is 0 Å². The lowest BCUT2D eigenvalue weighted by molar-refractivity contribution is -0.385. The molecule has 1 amide bonds. The quantitative estimate of drug-likeness (QED) is 0.101. The molecule has 1 fully saturated rings. The standard InChI is InChI=1S/C39H42N6O8Si/c1-25-36(54(3,4)51)34(18-20-42-23-32(40-41-42)30(24-46)27-9-6-5-7-10-27)53-39(25)31-21-29(45(49)50)16-17-33(31)44(38(39)48)22-26-12-14-28(15-13-26)43-19-8-11-35(52-2)37(43)47/h5-17,19,21,23,25,30,34,36,46,51H,18,20,22,24H2,1-4H3/t25-,30?,34+,36-,39+/m1/s1. The van der Waals surface area contributed by atoms with E-state index in [0.717, 1.165) is 11.1 Å². The highest BCUT2D eigenvalue weighted by atomic mass is 28.4. The summed E-state index contributed by atoms with van der Waals surface area (Å²) in [7, 11) is -1.58. The summed E-state index contributed by atoms with van der Waals surface area (Å²) in [6.07, 6.45) is 3.23. The number of nitro benzene ring substituents is 1. The molecule has 15 heteroatoms. The van der Waals surface area contributed by atoms with Crippen LogP contribution in [0.25, 0.3) is 5.69 Å². The van der Waals surface area contributed by atoms with Crippen molar-refractivity contribution in [3.8, 4) is 11.4 Å². The normalized spacial score (nSPS) is 21.4. The van der Waals surface area contributed by atoms with Crippen LogP contribution < -0.4 is 15.2 Å². The second kappa shape index (κ2) is 14.4. The molecular weight excluding hydrogens is 709 g/mol. The number of nitrogens with zero attached hydrogens (tertiary/aromatic N) is 6. The molecular formula is C39H42N6O8Si. The van der Waals surface area contributed by atoms with Gasteiger partial charge in [0.1, 0.15) is 0 Å². The number of fused-ring (bicyclic) bond motifs is 2. The molecule has 54 heavy (non-hydrogen) atoms. The number of nitro groups is 1. The fourth-order valence-electron chi connectivity index (χ4n) is 8.28. The van der Waals surface area contributed by atoms with E-state index in [9.17, 15) is 29.6 Å². The first-order chi connectivity index (χ1) is 25.9. The summed E-state index contributed by atoms with van der Waals surface area (Å²) in [5.41, 5.74) is 1.33. The number of aromatic nitrogens is 4. The molecule has 2 N–H and O–H groups in total. The Labute approximate surface area is 312 Å². The Morgan fingerprint density at radius 2 is 1.80 bits per heavy atom. The number of non-ortho nitro benzene ring substituents is 1. The van der Waals surface area contributed by atoms with E-state index in [2.05, 4.69) is 10.3 Å². The van der Waals surface area contributed by atoms with Crippen molar-refractivity contribution < 1.29 is 29.1 Å². The summed E-state index contributed by atoms with van der Waals surface area (Å²) in [6, 6.07) is 24.5. The second-order valence-corrected chi connectivity index (χ2v) is 18.4. The van der Waals surface area contributed by atoms with Gasteiger partial charge in [-0.3, -0.25) is 29.0 Å². The van der Waals surface area contributed by atoms with Crippen molar-refractivity contribution in [1.82, 2.24) is 19.6 Å². The molecule has 3 aromatic carbocycles. The van der Waals surface area contributed by atoms with Crippen LogP contribution in [0.15, 0.2) is 102 Å². The van der Waals surface area contributed by atoms with Gasteiger partial charge in [0.25, 0.3) is 17.2 Å². The summed E-state index contributed by atoms with van der Waals surface area (Å²) in [4.78, 5) is 52.6. The SMILES string of the molecule is COc1cccn(-c2ccc(CN3C(=O)[C@@]4(O[C@@H](CCn5cc(C(CO)c6ccccc6)nn5)[C@H]([Si](C)(C)O)[C@H]4C)c4cc([N+](=O)[O-])ccc43)cc2)c1=O. The Bertz CT molecular complexity index is 2240. The maximum Gasteiger partial charge on any atom is 0.297 e. The highest BCUT2D eigenvalue weighted by Gasteiger charge is 2.66. The third kappa shape index (κ3) is 6.42. The average Bonchev–Trinajstić information content (AvgIpc) is 3.82. The van der Waals surface area contributed by atoms with E-state index >= 15 is 0 Å². The number of aliphatic hydroxyl groups excluding tert-OH is 1. The molecule has 7 rings (SSSR count). The van der Waals surface area contributed by atoms with Gasteiger partial charge in [0.2, 0.25) is 0 Å². The molecule has 0 radical (unpaired) electrons. The third-order valence-corrected chi connectivity index (χ3v) is 13.3. The molecule has 1 saturated heterocycles. The number of amides is 1. The molecule has 5 atom stereocenters. The van der Waals surface area contributed by atoms with Gasteiger partial charge in [-0.2, -0.15) is 0 Å². The molecule has 2 aliphatic heterocycles. The zero-order chi connectivity index (χ0) is 38.4. The predicted molar refractivity (Wildman–Crippen MR) is 202 cm³/mol. The maximum atomic E-state index is 14.9. The molecule has 2 aromatic heterocycles. The number of hydrogen-bond acceptors (Lipinski definition) is 10. The number of aliphatic hydroxyl groups is 1. The van der Waals surface area contributed by atoms with E-state index in [-0.39, 0.29) is 42.0 Å². The number of aryl methyl sites for hydroxylation is 1. The van der Waals surface area contributed by atoms with Crippen molar-refractivity contribution in [2.75, 3.05) is 18.6 Å². The Morgan fingerprint density at radius 3 is 2.46 bits per heavy atom. The molecule has 1 spiro atoms. The fourth-order valence-corrected chi connectivity index (χ4v) is 10.9. The minimum atomic E-state index is -3.02. The van der Waals surface area contributed by atoms with Gasteiger partial charge in [-0.05, 0) is 61.0 Å². The summed E-state index contributed by atoms with van der Waals surface area (Å²) < 4.78 is 15.2. The van der Waals surface area contributed by atoms with E-state index in [4.69, 9.17) is 9.47 Å². The highest BCUT2D eigenvalue weighted by molar-refractivity contribution is 6.71. The van der Waals surface area contributed by atoms with Crippen LogP contribution in [0.3, 0.4) is 0 Å². The van der Waals surface area contributed by atoms with E-state index in [1.165, 1.54) is 23.8 Å². The van der Waals surface area contributed by atoms with Crippen LogP contribution in [0, 0.1) is 16.0 Å². The van der Waals surface area contributed by atoms with Crippen LogP contribution in [-0.2, 0) is 28.2 Å². The fraction of sp³-hybridized carbons (Fsp3) is 0.333. The first kappa shape index (κ1) is 36.9. The topological polar surface area (TPSA) is 175 Å². The van der Waals surface area contributed by atoms with Crippen LogP contribution in [0.4, 0.5) is 11.4 Å². The van der Waals surface area contributed by atoms with Crippen molar-refractivity contribution in [3.63, 3.8) is 0 Å². The molecule has 0 bridgehead atoms. The van der Waals surface area contributed by atoms with Gasteiger partial charge in [0.05, 0.1) is 48.6 Å². The minimum Gasteiger partial charge on any atom is -0.491 e. The molecule has 0 aliphatic carbocycles. The number of methoxy groups -OCH3 is 1. The van der Waals surface area contributed by atoms with Crippen LogP contribution in [0.5, 0.6) is 5.75 Å². The summed E-state index contributed by atoms with van der Waals surface area (Å²) >= 11 is 0. The lowest BCUT2D eigenvalue weighted by Gasteiger charge is -2.32. The average molecular weight is 751 g/mol. The largest absolute Gasteiger partial charge is 0.491 e. The number of hydrogen-bond donors (Lipinski definition) is 2. The minimum absolute atomic E-state index is 0.138. The Morgan fingerprint density at radius 1 is 1.06 bits per heavy atom. The number of rotatable bonds is 12. The molecule has 1 unspecified atom stereocenters. The number of ether oxygens (including phenoxy) is 2. The van der Waals surface area contributed by atoms with Crippen LogP contribution in [-0.4, -0.2) is 68.4 Å². The van der Waals surface area contributed by atoms with Crippen molar-refractivity contribution >= 4 is 25.6 Å². The zero-order valence-electron chi connectivity index (χ0n) is 30.4. The molecule has 280 valence electrons. The van der Waals surface area contributed by atoms with Gasteiger partial charge in [0.15, 0.2) is 19.7 Å². The summed E-state index contributed by atoms with van der Waals surface area (Å²) in [5.74, 6) is -1.03. The zero-order valence-corrected chi connectivity index (χ0v) is 31.4. The van der Waals surface area contributed by atoms with E-state index in [0.29, 0.717) is 35.6 Å². The Hall–Kier alpha value is -5.48. The number of benzene rings is 3. The number of pyridine rings is 1. The van der Waals surface area contributed by atoms with Crippen molar-refractivity contribution in [2.45, 2.75) is 62.7 Å². The third-order valence-electron chi connectivity index (χ3n) is 10.8. The van der Waals surface area contributed by atoms with Crippen molar-refractivity contribution in [3.05, 3.63) is 140 Å². The highest BCUT2D eigenvalue weighted by Crippen LogP contribution is 2.60. The van der Waals surface area contributed by atoms with Gasteiger partial charge in [-0.15, -0.1) is 5.10 Å². The molecule has 2 aliphatic rings. The van der Waals surface area contributed by atoms with Crippen molar-refractivity contribution in [2.24, 2.45) is 5.92 Å². The Balaban J connectivity index is 1.19. The van der Waals surface area contributed by atoms with Crippen LogP contribution >= 0.6 is 0 Å². The molecule has 4 heterocycles. The lowest BCUT2D eigenvalue weighted by atomic mass is 9.82. The van der Waals surface area contributed by atoms with Gasteiger partial charge in [0, 0.05) is 53.8 Å². The van der Waals surface area contributed by atoms with Crippen LogP contribution in [0.1, 0.15) is 41.6 Å². The lowest BCUT2D eigenvalue weighted by Crippen LogP contribution is -2.46. The van der Waals surface area contributed by atoms with Gasteiger partial charge in [-0.25, -0.2) is 0 Å². The van der Waals surface area contributed by atoms with Crippen molar-refractivity contribution in [1.29, 1.82) is 0 Å². The van der Waals surface area contributed by atoms with Crippen LogP contribution in [0.2, 0.25) is 18.6 Å². The summed E-state index contributed by atoms with van der Waals surface area (Å²) in [6.45, 7) is 5.89. The Kier molecular flexibility index (Phi) is 9.82. The first-order valence-electron chi connectivity index (χ1n) is 17.8. The molecule has 0 saturated carbocycles. The molecule has 14 nitrogen and oxygen atoms in total. The predicted octanol–water partition coefficient (Wildman–Crippen LogP) is 4.90. The summed E-state index contributed by atoms with van der Waals surface area (Å²) in [5, 5.41) is 30.9. The number of carbonyl (C=O) groups excluding carboxylic acids is 1. The smallest absolute Gasteiger partial charge is 0.297 e. The maximum absolute atomic E-state index is 14.9. The van der Waals surface area contributed by atoms with E-state index < -0.39 is 36.4 Å². The first-order valence-corrected chi connectivity index (χ1v) is 20.8. The second-order valence-electron chi connectivity index (χ2n) is 14.5. The van der Waals surface area contributed by atoms with Gasteiger partial charge < -0.3 is 24.3 Å². The monoisotopic (exact) mass is 750 g/mol. The molecule has 5 aromatic rings. The van der Waals surface area contributed by atoms with E-state index in [1.807, 2.05) is 62.5 Å². The van der Waals surface area contributed by atoms with Gasteiger partial charge in [-0.1, -0.05) is 54.6 Å².